The molecule has 0 bridgehead atoms. The maximum absolute atomic E-state index is 5.56. The molecule has 0 aromatic heterocycles. The summed E-state index contributed by atoms with van der Waals surface area (Å²) in [5.74, 6) is 0.744. The van der Waals surface area contributed by atoms with Crippen LogP contribution in [-0.4, -0.2) is 12.2 Å². The predicted molar refractivity (Wildman–Crippen MR) is 45.1 cm³/mol. The van der Waals surface area contributed by atoms with Crippen molar-refractivity contribution in [2.24, 2.45) is 5.92 Å². The van der Waals surface area contributed by atoms with E-state index >= 15 is 0 Å². The van der Waals surface area contributed by atoms with Crippen molar-refractivity contribution >= 4 is 0 Å². The average Bonchev–Trinajstić information content (AvgIpc) is 1.58. The quantitative estimate of drug-likeness (QED) is 0.589. The fraction of sp³-hybridized carbons (Fsp3) is 1.00. The largest absolute Gasteiger partial charge is 0.376 e. The SMILES string of the molecule is CC(C)C[C@@H](C)OC(C)C. The van der Waals surface area contributed by atoms with E-state index in [1.807, 2.05) is 0 Å². The molecule has 0 aliphatic heterocycles. The zero-order chi connectivity index (χ0) is 8.15. The fourth-order valence-corrected chi connectivity index (χ4v) is 1.18. The maximum atomic E-state index is 5.56. The second-order valence-electron chi connectivity index (χ2n) is 3.63. The van der Waals surface area contributed by atoms with Crippen LogP contribution in [0.15, 0.2) is 0 Å². The van der Waals surface area contributed by atoms with E-state index in [4.69, 9.17) is 4.74 Å². The van der Waals surface area contributed by atoms with E-state index in [1.54, 1.807) is 0 Å². The lowest BCUT2D eigenvalue weighted by Gasteiger charge is -2.17. The van der Waals surface area contributed by atoms with Crippen LogP contribution in [0.2, 0.25) is 0 Å². The van der Waals surface area contributed by atoms with Crippen LogP contribution in [0.3, 0.4) is 0 Å². The summed E-state index contributed by atoms with van der Waals surface area (Å²) in [6, 6.07) is 0. The summed E-state index contributed by atoms with van der Waals surface area (Å²) in [4.78, 5) is 0. The molecule has 0 aromatic carbocycles. The predicted octanol–water partition coefficient (Wildman–Crippen LogP) is 2.85. The van der Waals surface area contributed by atoms with E-state index < -0.39 is 0 Å². The van der Waals surface area contributed by atoms with Crippen LogP contribution in [0.4, 0.5) is 0 Å². The molecule has 62 valence electrons. The smallest absolute Gasteiger partial charge is 0.0552 e. The highest BCUT2D eigenvalue weighted by molar-refractivity contribution is 4.54. The Bertz CT molecular complexity index is 66.8. The molecule has 0 radical (unpaired) electrons. The van der Waals surface area contributed by atoms with Crippen LogP contribution < -0.4 is 0 Å². The minimum Gasteiger partial charge on any atom is -0.376 e. The lowest BCUT2D eigenvalue weighted by molar-refractivity contribution is 0.00802. The van der Waals surface area contributed by atoms with Crippen molar-refractivity contribution < 1.29 is 4.74 Å². The summed E-state index contributed by atoms with van der Waals surface area (Å²) in [5.41, 5.74) is 0. The third-order valence-corrected chi connectivity index (χ3v) is 1.31. The highest BCUT2D eigenvalue weighted by atomic mass is 16.5. The third-order valence-electron chi connectivity index (χ3n) is 1.31. The average molecular weight is 144 g/mol. The van der Waals surface area contributed by atoms with Gasteiger partial charge in [-0.25, -0.2) is 0 Å². The Morgan fingerprint density at radius 2 is 1.50 bits per heavy atom. The molecule has 0 saturated carbocycles. The number of hydrogen-bond acceptors (Lipinski definition) is 1. The van der Waals surface area contributed by atoms with Gasteiger partial charge in [-0.3, -0.25) is 0 Å². The maximum Gasteiger partial charge on any atom is 0.0552 e. The van der Waals surface area contributed by atoms with Gasteiger partial charge in [0.2, 0.25) is 0 Å². The van der Waals surface area contributed by atoms with Gasteiger partial charge in [-0.05, 0) is 33.1 Å². The molecule has 0 N–H and O–H groups in total. The molecule has 0 saturated heterocycles. The Labute approximate surface area is 64.8 Å². The van der Waals surface area contributed by atoms with Gasteiger partial charge in [0.1, 0.15) is 0 Å². The van der Waals surface area contributed by atoms with Gasteiger partial charge in [-0.2, -0.15) is 0 Å². The molecule has 1 atom stereocenters. The molecule has 1 nitrogen and oxygen atoms in total. The van der Waals surface area contributed by atoms with Crippen LogP contribution in [0.5, 0.6) is 0 Å². The number of ether oxygens (including phenoxy) is 1. The van der Waals surface area contributed by atoms with Gasteiger partial charge in [0, 0.05) is 0 Å². The Hall–Kier alpha value is -0.0400. The second-order valence-corrected chi connectivity index (χ2v) is 3.63. The minimum atomic E-state index is 0.369. The van der Waals surface area contributed by atoms with Crippen LogP contribution in [0.1, 0.15) is 41.0 Å². The molecular formula is C9H20O. The van der Waals surface area contributed by atoms with E-state index in [0.29, 0.717) is 12.2 Å². The first kappa shape index (κ1) is 9.96. The fourth-order valence-electron chi connectivity index (χ4n) is 1.18. The van der Waals surface area contributed by atoms with Gasteiger partial charge in [-0.15, -0.1) is 0 Å². The van der Waals surface area contributed by atoms with Gasteiger partial charge in [0.15, 0.2) is 0 Å². The van der Waals surface area contributed by atoms with Gasteiger partial charge < -0.3 is 4.74 Å². The number of rotatable bonds is 4. The Morgan fingerprint density at radius 1 is 1.00 bits per heavy atom. The van der Waals surface area contributed by atoms with Crippen molar-refractivity contribution in [3.05, 3.63) is 0 Å². The first-order valence-corrected chi connectivity index (χ1v) is 4.17. The summed E-state index contributed by atoms with van der Waals surface area (Å²) < 4.78 is 5.56. The Kier molecular flexibility index (Phi) is 4.71. The molecule has 1 heteroatoms. The standard InChI is InChI=1S/C9H20O/c1-7(2)6-9(5)10-8(3)4/h7-9H,6H2,1-5H3/t9-/m1/s1. The van der Waals surface area contributed by atoms with Gasteiger partial charge in [0.25, 0.3) is 0 Å². The monoisotopic (exact) mass is 144 g/mol. The molecule has 0 rings (SSSR count). The molecule has 10 heavy (non-hydrogen) atoms. The molecule has 0 spiro atoms. The molecular weight excluding hydrogens is 124 g/mol. The highest BCUT2D eigenvalue weighted by Gasteiger charge is 2.05. The molecule has 0 heterocycles. The van der Waals surface area contributed by atoms with E-state index in [1.165, 1.54) is 0 Å². The summed E-state index contributed by atoms with van der Waals surface area (Å²) in [5, 5.41) is 0. The van der Waals surface area contributed by atoms with Crippen LogP contribution in [0, 0.1) is 5.92 Å². The molecule has 0 aromatic rings. The summed E-state index contributed by atoms with van der Waals surface area (Å²) in [6.45, 7) is 10.7. The molecule has 0 unspecified atom stereocenters. The van der Waals surface area contributed by atoms with Gasteiger partial charge >= 0.3 is 0 Å². The normalized spacial score (nSPS) is 14.7. The molecule has 0 amide bonds. The third kappa shape index (κ3) is 6.09. The van der Waals surface area contributed by atoms with Crippen molar-refractivity contribution in [3.8, 4) is 0 Å². The zero-order valence-corrected chi connectivity index (χ0v) is 7.85. The van der Waals surface area contributed by atoms with Crippen LogP contribution in [0.25, 0.3) is 0 Å². The van der Waals surface area contributed by atoms with Gasteiger partial charge in [-0.1, -0.05) is 13.8 Å². The first-order chi connectivity index (χ1) is 4.52. The van der Waals surface area contributed by atoms with Crippen molar-refractivity contribution in [2.75, 3.05) is 0 Å². The van der Waals surface area contributed by atoms with Crippen molar-refractivity contribution in [2.45, 2.75) is 53.2 Å². The lowest BCUT2D eigenvalue weighted by Crippen LogP contribution is -2.15. The number of hydrogen-bond donors (Lipinski definition) is 0. The van der Waals surface area contributed by atoms with E-state index in [0.717, 1.165) is 12.3 Å². The van der Waals surface area contributed by atoms with Crippen molar-refractivity contribution in [3.63, 3.8) is 0 Å². The molecule has 0 aliphatic rings. The van der Waals surface area contributed by atoms with Gasteiger partial charge in [0.05, 0.1) is 12.2 Å². The topological polar surface area (TPSA) is 9.23 Å². The second kappa shape index (κ2) is 4.73. The van der Waals surface area contributed by atoms with E-state index in [-0.39, 0.29) is 0 Å². The first-order valence-electron chi connectivity index (χ1n) is 4.17. The van der Waals surface area contributed by atoms with Crippen LogP contribution >= 0.6 is 0 Å². The van der Waals surface area contributed by atoms with E-state index in [9.17, 15) is 0 Å². The Morgan fingerprint density at radius 3 is 1.80 bits per heavy atom. The van der Waals surface area contributed by atoms with Crippen molar-refractivity contribution in [1.29, 1.82) is 0 Å². The van der Waals surface area contributed by atoms with Crippen molar-refractivity contribution in [1.82, 2.24) is 0 Å². The van der Waals surface area contributed by atoms with Crippen LogP contribution in [-0.2, 0) is 4.74 Å². The summed E-state index contributed by atoms with van der Waals surface area (Å²) in [6.07, 6.45) is 1.95. The molecule has 0 aliphatic carbocycles. The highest BCUT2D eigenvalue weighted by Crippen LogP contribution is 2.08. The molecule has 0 fully saturated rings. The lowest BCUT2D eigenvalue weighted by atomic mass is 10.1. The summed E-state index contributed by atoms with van der Waals surface area (Å²) >= 11 is 0. The zero-order valence-electron chi connectivity index (χ0n) is 7.85. The Balaban J connectivity index is 3.34. The van der Waals surface area contributed by atoms with E-state index in [2.05, 4.69) is 34.6 Å². The summed E-state index contributed by atoms with van der Waals surface area (Å²) in [7, 11) is 0. The minimum absolute atomic E-state index is 0.369.